The van der Waals surface area contributed by atoms with Gasteiger partial charge in [-0.1, -0.05) is 18.6 Å². The highest BCUT2D eigenvalue weighted by molar-refractivity contribution is 5.77. The van der Waals surface area contributed by atoms with E-state index in [1.54, 1.807) is 0 Å². The summed E-state index contributed by atoms with van der Waals surface area (Å²) in [5, 5.41) is 2.93. The second-order valence-corrected chi connectivity index (χ2v) is 5.61. The lowest BCUT2D eigenvalue weighted by molar-refractivity contribution is -0.125. The molecule has 1 aromatic carbocycles. The lowest BCUT2D eigenvalue weighted by Crippen LogP contribution is -2.41. The first-order valence-corrected chi connectivity index (χ1v) is 8.04. The maximum Gasteiger partial charge on any atom is 0.246 e. The predicted octanol–water partition coefficient (Wildman–Crippen LogP) is 2.51. The number of likely N-dealkylation sites (tertiary alicyclic amines) is 1. The molecule has 1 fully saturated rings. The first kappa shape index (κ1) is 16.9. The fourth-order valence-electron chi connectivity index (χ4n) is 2.83. The molecule has 5 heteroatoms. The van der Waals surface area contributed by atoms with Gasteiger partial charge in [0.25, 0.3) is 0 Å². The molecule has 2 rings (SSSR count). The van der Waals surface area contributed by atoms with Gasteiger partial charge in [0.15, 0.2) is 0 Å². The molecule has 1 aliphatic rings. The van der Waals surface area contributed by atoms with E-state index in [0.29, 0.717) is 13.2 Å². The Bertz CT molecular complexity index is 458. The topological polar surface area (TPSA) is 41.6 Å². The third kappa shape index (κ3) is 5.07. The molecule has 0 bridgehead atoms. The summed E-state index contributed by atoms with van der Waals surface area (Å²) in [6.45, 7) is 5.04. The van der Waals surface area contributed by atoms with Crippen LogP contribution < -0.4 is 5.32 Å². The van der Waals surface area contributed by atoms with Crippen LogP contribution in [-0.4, -0.2) is 43.7 Å². The van der Waals surface area contributed by atoms with E-state index in [9.17, 15) is 9.18 Å². The van der Waals surface area contributed by atoms with Crippen molar-refractivity contribution in [2.75, 3.05) is 32.8 Å². The molecule has 122 valence electrons. The van der Waals surface area contributed by atoms with E-state index in [2.05, 4.69) is 10.2 Å². The van der Waals surface area contributed by atoms with Gasteiger partial charge in [-0.15, -0.1) is 0 Å². The number of hydrogen-bond donors (Lipinski definition) is 1. The number of piperidine rings is 1. The summed E-state index contributed by atoms with van der Waals surface area (Å²) >= 11 is 0. The maximum atomic E-state index is 13.1. The number of ether oxygens (including phenoxy) is 1. The Kier molecular flexibility index (Phi) is 6.80. The van der Waals surface area contributed by atoms with Crippen molar-refractivity contribution in [3.63, 3.8) is 0 Å². The van der Waals surface area contributed by atoms with Gasteiger partial charge in [0.1, 0.15) is 12.4 Å². The number of amides is 1. The monoisotopic (exact) mass is 308 g/mol. The molecule has 1 heterocycles. The van der Waals surface area contributed by atoms with E-state index in [1.807, 2.05) is 19.1 Å². The molecule has 0 spiro atoms. The number of nitrogens with one attached hydrogen (secondary N) is 1. The Hall–Kier alpha value is -1.46. The van der Waals surface area contributed by atoms with Crippen molar-refractivity contribution in [1.29, 1.82) is 0 Å². The molecule has 1 aromatic rings. The number of carbonyl (C=O) groups excluding carboxylic acids is 1. The molecule has 0 aromatic heterocycles. The average molecular weight is 308 g/mol. The molecule has 0 aliphatic carbocycles. The molecule has 0 radical (unpaired) electrons. The second-order valence-electron chi connectivity index (χ2n) is 5.61. The van der Waals surface area contributed by atoms with Crippen molar-refractivity contribution in [1.82, 2.24) is 10.2 Å². The summed E-state index contributed by atoms with van der Waals surface area (Å²) in [5.74, 6) is -0.340. The zero-order valence-corrected chi connectivity index (χ0v) is 13.2. The summed E-state index contributed by atoms with van der Waals surface area (Å²) in [6, 6.07) is 6.67. The van der Waals surface area contributed by atoms with E-state index in [0.717, 1.165) is 18.7 Å². The molecule has 1 atom stereocenters. The number of hydrogen-bond acceptors (Lipinski definition) is 3. The van der Waals surface area contributed by atoms with Gasteiger partial charge in [0, 0.05) is 13.2 Å². The third-order valence-electron chi connectivity index (χ3n) is 4.02. The Morgan fingerprint density at radius 3 is 2.59 bits per heavy atom. The van der Waals surface area contributed by atoms with Gasteiger partial charge < -0.3 is 10.1 Å². The van der Waals surface area contributed by atoms with Crippen LogP contribution in [0.5, 0.6) is 0 Å². The predicted molar refractivity (Wildman–Crippen MR) is 84.1 cm³/mol. The molecule has 1 N–H and O–H groups in total. The molecule has 4 nitrogen and oxygen atoms in total. The maximum absolute atomic E-state index is 13.1. The van der Waals surface area contributed by atoms with Crippen LogP contribution in [0.4, 0.5) is 4.39 Å². The first-order chi connectivity index (χ1) is 10.7. The number of benzene rings is 1. The van der Waals surface area contributed by atoms with Crippen molar-refractivity contribution in [2.45, 2.75) is 32.2 Å². The molecular formula is C17H25FN2O2. The minimum Gasteiger partial charge on any atom is -0.372 e. The van der Waals surface area contributed by atoms with Crippen LogP contribution in [-0.2, 0) is 9.53 Å². The normalized spacial score (nSPS) is 17.2. The molecule has 1 amide bonds. The van der Waals surface area contributed by atoms with Crippen LogP contribution in [0.3, 0.4) is 0 Å². The minimum atomic E-state index is -0.235. The fraction of sp³-hybridized carbons (Fsp3) is 0.588. The molecule has 0 unspecified atom stereocenters. The zero-order valence-electron chi connectivity index (χ0n) is 13.2. The van der Waals surface area contributed by atoms with E-state index < -0.39 is 0 Å². The van der Waals surface area contributed by atoms with Crippen LogP contribution in [0.25, 0.3) is 0 Å². The quantitative estimate of drug-likeness (QED) is 0.841. The molecular weight excluding hydrogens is 283 g/mol. The minimum absolute atomic E-state index is 0.0893. The highest BCUT2D eigenvalue weighted by Gasteiger charge is 2.22. The Balaban J connectivity index is 2.01. The van der Waals surface area contributed by atoms with Gasteiger partial charge in [-0.3, -0.25) is 9.69 Å². The van der Waals surface area contributed by atoms with Gasteiger partial charge in [-0.05, 0) is 50.6 Å². The third-order valence-corrected chi connectivity index (χ3v) is 4.02. The van der Waals surface area contributed by atoms with Crippen LogP contribution in [0.1, 0.15) is 37.8 Å². The highest BCUT2D eigenvalue weighted by atomic mass is 19.1. The summed E-state index contributed by atoms with van der Waals surface area (Å²) in [5.41, 5.74) is 1.04. The smallest absolute Gasteiger partial charge is 0.246 e. The fourth-order valence-corrected chi connectivity index (χ4v) is 2.83. The zero-order chi connectivity index (χ0) is 15.8. The van der Waals surface area contributed by atoms with Crippen molar-refractivity contribution in [3.8, 4) is 0 Å². The van der Waals surface area contributed by atoms with E-state index in [1.165, 1.54) is 31.4 Å². The SMILES string of the molecule is CCOCC(=O)NC[C@@H](c1ccc(F)cc1)N1CCCCC1. The van der Waals surface area contributed by atoms with Crippen molar-refractivity contribution in [3.05, 3.63) is 35.6 Å². The largest absolute Gasteiger partial charge is 0.372 e. The molecule has 0 saturated carbocycles. The van der Waals surface area contributed by atoms with Crippen molar-refractivity contribution < 1.29 is 13.9 Å². The summed E-state index contributed by atoms with van der Waals surface area (Å²) < 4.78 is 18.3. The Labute approximate surface area is 131 Å². The standard InChI is InChI=1S/C17H25FN2O2/c1-2-22-13-17(21)19-12-16(20-10-4-3-5-11-20)14-6-8-15(18)9-7-14/h6-9,16H,2-5,10-13H2,1H3,(H,19,21)/t16-/m0/s1. The second kappa shape index (κ2) is 8.86. The van der Waals surface area contributed by atoms with Gasteiger partial charge >= 0.3 is 0 Å². The van der Waals surface area contributed by atoms with Crippen LogP contribution >= 0.6 is 0 Å². The Morgan fingerprint density at radius 2 is 1.95 bits per heavy atom. The van der Waals surface area contributed by atoms with Gasteiger partial charge in [-0.25, -0.2) is 4.39 Å². The first-order valence-electron chi connectivity index (χ1n) is 8.04. The van der Waals surface area contributed by atoms with Crippen LogP contribution in [0, 0.1) is 5.82 Å². The van der Waals surface area contributed by atoms with Gasteiger partial charge in [0.05, 0.1) is 6.04 Å². The van der Waals surface area contributed by atoms with Gasteiger partial charge in [0.2, 0.25) is 5.91 Å². The number of halogens is 1. The lowest BCUT2D eigenvalue weighted by atomic mass is 10.0. The van der Waals surface area contributed by atoms with Crippen LogP contribution in [0.15, 0.2) is 24.3 Å². The van der Waals surface area contributed by atoms with E-state index in [4.69, 9.17) is 4.74 Å². The Morgan fingerprint density at radius 1 is 1.27 bits per heavy atom. The van der Waals surface area contributed by atoms with Crippen molar-refractivity contribution >= 4 is 5.91 Å². The molecule has 1 aliphatic heterocycles. The molecule has 22 heavy (non-hydrogen) atoms. The van der Waals surface area contributed by atoms with E-state index in [-0.39, 0.29) is 24.4 Å². The average Bonchev–Trinajstić information content (AvgIpc) is 2.55. The summed E-state index contributed by atoms with van der Waals surface area (Å²) in [7, 11) is 0. The summed E-state index contributed by atoms with van der Waals surface area (Å²) in [4.78, 5) is 14.1. The van der Waals surface area contributed by atoms with Gasteiger partial charge in [-0.2, -0.15) is 0 Å². The van der Waals surface area contributed by atoms with Crippen molar-refractivity contribution in [2.24, 2.45) is 0 Å². The van der Waals surface area contributed by atoms with Crippen LogP contribution in [0.2, 0.25) is 0 Å². The van der Waals surface area contributed by atoms with E-state index >= 15 is 0 Å². The number of carbonyl (C=O) groups is 1. The highest BCUT2D eigenvalue weighted by Crippen LogP contribution is 2.24. The summed E-state index contributed by atoms with van der Waals surface area (Å²) in [6.07, 6.45) is 3.60. The lowest BCUT2D eigenvalue weighted by Gasteiger charge is -2.35. The number of nitrogens with zero attached hydrogens (tertiary/aromatic N) is 1. The number of rotatable bonds is 7. The molecule has 1 saturated heterocycles.